The van der Waals surface area contributed by atoms with Crippen molar-refractivity contribution in [2.45, 2.75) is 32.6 Å². The summed E-state index contributed by atoms with van der Waals surface area (Å²) in [7, 11) is 0. The molecule has 0 aromatic carbocycles. The van der Waals surface area contributed by atoms with Crippen molar-refractivity contribution in [3.05, 3.63) is 11.6 Å². The minimum atomic E-state index is 0.318. The summed E-state index contributed by atoms with van der Waals surface area (Å²) in [5, 5.41) is 0.318. The van der Waals surface area contributed by atoms with Gasteiger partial charge in [-0.2, -0.15) is 0 Å². The predicted octanol–water partition coefficient (Wildman–Crippen LogP) is 3.22. The molecule has 3 atom stereocenters. The van der Waals surface area contributed by atoms with Gasteiger partial charge in [-0.15, -0.1) is 11.6 Å². The van der Waals surface area contributed by atoms with Crippen LogP contribution in [-0.2, 0) is 0 Å². The number of fused-ring (bicyclic) bond motifs is 1. The number of rotatable bonds is 0. The first-order valence-electron chi connectivity index (χ1n) is 4.36. The van der Waals surface area contributed by atoms with Crippen molar-refractivity contribution in [2.24, 2.45) is 17.3 Å². The fourth-order valence-electron chi connectivity index (χ4n) is 2.36. The van der Waals surface area contributed by atoms with E-state index in [1.54, 1.807) is 0 Å². The van der Waals surface area contributed by atoms with Crippen molar-refractivity contribution in [2.75, 3.05) is 0 Å². The van der Waals surface area contributed by atoms with Crippen molar-refractivity contribution in [3.8, 4) is 0 Å². The second-order valence-electron chi connectivity index (χ2n) is 4.57. The molecule has 0 aromatic heterocycles. The Kier molecular flexibility index (Phi) is 1.42. The molecule has 0 nitrogen and oxygen atoms in total. The summed E-state index contributed by atoms with van der Waals surface area (Å²) in [6.45, 7) is 6.85. The van der Waals surface area contributed by atoms with Crippen LogP contribution in [-0.4, -0.2) is 5.38 Å². The zero-order valence-electron chi connectivity index (χ0n) is 7.39. The Morgan fingerprint density at radius 3 is 2.73 bits per heavy atom. The summed E-state index contributed by atoms with van der Waals surface area (Å²) in [5.74, 6) is 1.70. The lowest BCUT2D eigenvalue weighted by Gasteiger charge is -2.13. The Hall–Kier alpha value is 0.0300. The van der Waals surface area contributed by atoms with Crippen LogP contribution in [0.1, 0.15) is 27.2 Å². The molecule has 0 spiro atoms. The van der Waals surface area contributed by atoms with Gasteiger partial charge in [0.25, 0.3) is 0 Å². The SMILES string of the molecule is CC1=C[C@H]2[C@@H](C[C@H]1Cl)C2(C)C. The largest absolute Gasteiger partial charge is 0.118 e. The van der Waals surface area contributed by atoms with E-state index in [4.69, 9.17) is 11.6 Å². The van der Waals surface area contributed by atoms with Crippen LogP contribution in [0.2, 0.25) is 0 Å². The van der Waals surface area contributed by atoms with Crippen LogP contribution in [0.25, 0.3) is 0 Å². The average molecular weight is 171 g/mol. The predicted molar refractivity (Wildman–Crippen MR) is 48.8 cm³/mol. The molecule has 2 rings (SSSR count). The van der Waals surface area contributed by atoms with Crippen LogP contribution in [0.4, 0.5) is 0 Å². The molecule has 0 unspecified atom stereocenters. The zero-order chi connectivity index (χ0) is 8.22. The van der Waals surface area contributed by atoms with Crippen LogP contribution in [0, 0.1) is 17.3 Å². The third kappa shape index (κ3) is 0.955. The molecular formula is C10H15Cl. The number of halogens is 1. The van der Waals surface area contributed by atoms with Gasteiger partial charge in [-0.1, -0.05) is 25.5 Å². The Labute approximate surface area is 73.6 Å². The van der Waals surface area contributed by atoms with Crippen LogP contribution in [0.5, 0.6) is 0 Å². The highest BCUT2D eigenvalue weighted by Crippen LogP contribution is 2.64. The normalized spacial score (nSPS) is 46.2. The Bertz CT molecular complexity index is 215. The van der Waals surface area contributed by atoms with E-state index in [0.29, 0.717) is 10.8 Å². The van der Waals surface area contributed by atoms with E-state index in [2.05, 4.69) is 26.8 Å². The van der Waals surface area contributed by atoms with E-state index < -0.39 is 0 Å². The van der Waals surface area contributed by atoms with Crippen LogP contribution in [0.15, 0.2) is 11.6 Å². The van der Waals surface area contributed by atoms with Crippen molar-refractivity contribution < 1.29 is 0 Å². The molecule has 62 valence electrons. The lowest BCUT2D eigenvalue weighted by atomic mass is 10.0. The van der Waals surface area contributed by atoms with E-state index in [1.807, 2.05) is 0 Å². The van der Waals surface area contributed by atoms with Gasteiger partial charge in [0.15, 0.2) is 0 Å². The van der Waals surface area contributed by atoms with Gasteiger partial charge in [-0.05, 0) is 30.6 Å². The number of alkyl halides is 1. The topological polar surface area (TPSA) is 0 Å². The molecule has 0 N–H and O–H groups in total. The maximum absolute atomic E-state index is 6.15. The summed E-state index contributed by atoms with van der Waals surface area (Å²) in [5.41, 5.74) is 1.93. The molecule has 2 aliphatic rings. The summed E-state index contributed by atoms with van der Waals surface area (Å²) < 4.78 is 0. The maximum Gasteiger partial charge on any atom is 0.0545 e. The van der Waals surface area contributed by atoms with Gasteiger partial charge in [-0.25, -0.2) is 0 Å². The molecule has 0 aromatic rings. The highest BCUT2D eigenvalue weighted by Gasteiger charge is 2.58. The molecule has 11 heavy (non-hydrogen) atoms. The monoisotopic (exact) mass is 170 g/mol. The molecule has 0 radical (unpaired) electrons. The van der Waals surface area contributed by atoms with E-state index in [9.17, 15) is 0 Å². The highest BCUT2D eigenvalue weighted by atomic mass is 35.5. The Morgan fingerprint density at radius 1 is 1.55 bits per heavy atom. The van der Waals surface area contributed by atoms with E-state index in [-0.39, 0.29) is 0 Å². The molecule has 0 heterocycles. The van der Waals surface area contributed by atoms with Crippen molar-refractivity contribution in [1.29, 1.82) is 0 Å². The van der Waals surface area contributed by atoms with Crippen molar-refractivity contribution in [3.63, 3.8) is 0 Å². The van der Waals surface area contributed by atoms with Crippen molar-refractivity contribution >= 4 is 11.6 Å². The minimum absolute atomic E-state index is 0.318. The first-order chi connectivity index (χ1) is 5.03. The maximum atomic E-state index is 6.15. The standard InChI is InChI=1S/C10H15Cl/c1-6-4-7-8(5-9(6)11)10(7,2)3/h4,7-9H,5H2,1-3H3/t7-,8+,9+/m0/s1. The Balaban J connectivity index is 2.22. The van der Waals surface area contributed by atoms with E-state index in [0.717, 1.165) is 11.8 Å². The first kappa shape index (κ1) is 7.67. The van der Waals surface area contributed by atoms with Gasteiger partial charge >= 0.3 is 0 Å². The molecule has 0 bridgehead atoms. The molecule has 0 amide bonds. The van der Waals surface area contributed by atoms with Crippen molar-refractivity contribution in [1.82, 2.24) is 0 Å². The summed E-state index contributed by atoms with van der Waals surface area (Å²) in [6, 6.07) is 0. The lowest BCUT2D eigenvalue weighted by molar-refractivity contribution is 0.535. The van der Waals surface area contributed by atoms with Crippen LogP contribution >= 0.6 is 11.6 Å². The molecule has 2 aliphatic carbocycles. The molecular weight excluding hydrogens is 156 g/mol. The number of allylic oxidation sites excluding steroid dienone is 2. The summed E-state index contributed by atoms with van der Waals surface area (Å²) >= 11 is 6.15. The van der Waals surface area contributed by atoms with E-state index in [1.165, 1.54) is 12.0 Å². The highest BCUT2D eigenvalue weighted by molar-refractivity contribution is 6.22. The number of hydrogen-bond donors (Lipinski definition) is 0. The molecule has 0 saturated heterocycles. The van der Waals surface area contributed by atoms with Gasteiger partial charge < -0.3 is 0 Å². The van der Waals surface area contributed by atoms with Gasteiger partial charge in [0.1, 0.15) is 0 Å². The summed E-state index contributed by atoms with van der Waals surface area (Å²) in [6.07, 6.45) is 3.58. The average Bonchev–Trinajstić information content (AvgIpc) is 2.39. The fourth-order valence-corrected chi connectivity index (χ4v) is 2.63. The first-order valence-corrected chi connectivity index (χ1v) is 4.79. The second kappa shape index (κ2) is 2.04. The van der Waals surface area contributed by atoms with Crippen LogP contribution < -0.4 is 0 Å². The lowest BCUT2D eigenvalue weighted by Crippen LogP contribution is -2.07. The zero-order valence-corrected chi connectivity index (χ0v) is 8.15. The molecule has 1 heteroatoms. The Morgan fingerprint density at radius 2 is 2.18 bits per heavy atom. The molecule has 1 saturated carbocycles. The van der Waals surface area contributed by atoms with Gasteiger partial charge in [0.2, 0.25) is 0 Å². The van der Waals surface area contributed by atoms with Gasteiger partial charge in [0, 0.05) is 0 Å². The fraction of sp³-hybridized carbons (Fsp3) is 0.800. The number of hydrogen-bond acceptors (Lipinski definition) is 0. The summed E-state index contributed by atoms with van der Waals surface area (Å²) in [4.78, 5) is 0. The third-order valence-corrected chi connectivity index (χ3v) is 4.06. The third-order valence-electron chi connectivity index (χ3n) is 3.54. The van der Waals surface area contributed by atoms with Crippen LogP contribution in [0.3, 0.4) is 0 Å². The second-order valence-corrected chi connectivity index (χ2v) is 5.09. The van der Waals surface area contributed by atoms with E-state index >= 15 is 0 Å². The van der Waals surface area contributed by atoms with Gasteiger partial charge in [0.05, 0.1) is 5.38 Å². The smallest absolute Gasteiger partial charge is 0.0545 e. The van der Waals surface area contributed by atoms with Gasteiger partial charge in [-0.3, -0.25) is 0 Å². The quantitative estimate of drug-likeness (QED) is 0.387. The molecule has 0 aliphatic heterocycles. The molecule has 1 fully saturated rings. The minimum Gasteiger partial charge on any atom is -0.118 e.